The zero-order valence-corrected chi connectivity index (χ0v) is 9.10. The van der Waals surface area contributed by atoms with E-state index in [-0.39, 0.29) is 0 Å². The molecular weight excluding hydrogens is 268 g/mol. The third-order valence-corrected chi connectivity index (χ3v) is 2.67. The van der Waals surface area contributed by atoms with E-state index in [2.05, 4.69) is 4.18 Å². The predicted molar refractivity (Wildman–Crippen MR) is 47.8 cm³/mol. The van der Waals surface area contributed by atoms with E-state index in [0.29, 0.717) is 12.2 Å². The van der Waals surface area contributed by atoms with Crippen LogP contribution < -0.4 is 0 Å². The van der Waals surface area contributed by atoms with Crippen LogP contribution in [0.1, 0.15) is 6.92 Å². The smallest absolute Gasteiger partial charge is 0.372 e. The van der Waals surface area contributed by atoms with Gasteiger partial charge < -0.3 is 4.18 Å². The molecular formula is C8H6F4O4S. The van der Waals surface area contributed by atoms with Crippen LogP contribution in [0.5, 0.6) is 0 Å². The van der Waals surface area contributed by atoms with E-state index in [4.69, 9.17) is 0 Å². The minimum atomic E-state index is -5.97. The van der Waals surface area contributed by atoms with Crippen molar-refractivity contribution in [1.82, 2.24) is 0 Å². The minimum Gasteiger partial charge on any atom is -0.372 e. The molecule has 0 aromatic rings. The van der Waals surface area contributed by atoms with Crippen molar-refractivity contribution in [2.24, 2.45) is 0 Å². The van der Waals surface area contributed by atoms with E-state index in [0.717, 1.165) is 13.0 Å². The lowest BCUT2D eigenvalue weighted by molar-refractivity contribution is -0.113. The summed E-state index contributed by atoms with van der Waals surface area (Å²) in [5.74, 6) is -2.37. The van der Waals surface area contributed by atoms with E-state index in [1.165, 1.54) is 0 Å². The predicted octanol–water partition coefficient (Wildman–Crippen LogP) is 1.60. The lowest BCUT2D eigenvalue weighted by atomic mass is 10.0. The normalized spacial score (nSPS) is 25.7. The van der Waals surface area contributed by atoms with Crippen molar-refractivity contribution in [1.29, 1.82) is 0 Å². The van der Waals surface area contributed by atoms with Crippen LogP contribution in [0.15, 0.2) is 24.0 Å². The molecule has 0 amide bonds. The zero-order chi connectivity index (χ0) is 13.5. The molecule has 17 heavy (non-hydrogen) atoms. The molecule has 1 aliphatic carbocycles. The second-order valence-corrected chi connectivity index (χ2v) is 4.88. The first-order valence-electron chi connectivity index (χ1n) is 4.11. The first-order chi connectivity index (χ1) is 7.45. The molecule has 96 valence electrons. The number of hydrogen-bond donors (Lipinski definition) is 0. The number of ketones is 1. The molecule has 0 aliphatic heterocycles. The number of rotatable bonds is 2. The van der Waals surface area contributed by atoms with Gasteiger partial charge in [0.05, 0.1) is 0 Å². The van der Waals surface area contributed by atoms with E-state index in [1.54, 1.807) is 0 Å². The van der Waals surface area contributed by atoms with Crippen molar-refractivity contribution in [2.75, 3.05) is 0 Å². The molecule has 9 heteroatoms. The third-order valence-electron chi connectivity index (χ3n) is 1.70. The van der Waals surface area contributed by atoms with Gasteiger partial charge in [-0.05, 0) is 19.1 Å². The van der Waals surface area contributed by atoms with Crippen LogP contribution >= 0.6 is 0 Å². The van der Waals surface area contributed by atoms with Gasteiger partial charge in [-0.1, -0.05) is 0 Å². The van der Waals surface area contributed by atoms with Crippen LogP contribution in [0, 0.1) is 0 Å². The van der Waals surface area contributed by atoms with Gasteiger partial charge in [-0.25, -0.2) is 4.39 Å². The van der Waals surface area contributed by atoms with Gasteiger partial charge in [0.1, 0.15) is 5.67 Å². The Labute approximate surface area is 93.7 Å². The summed E-state index contributed by atoms with van der Waals surface area (Å²) in [5.41, 5.74) is -7.92. The Bertz CT molecular complexity index is 498. The Balaban J connectivity index is 3.05. The maximum atomic E-state index is 13.3. The fourth-order valence-corrected chi connectivity index (χ4v) is 1.39. The average Bonchev–Trinajstić information content (AvgIpc) is 2.08. The van der Waals surface area contributed by atoms with E-state index in [1.807, 2.05) is 0 Å². The Morgan fingerprint density at radius 3 is 2.35 bits per heavy atom. The summed E-state index contributed by atoms with van der Waals surface area (Å²) < 4.78 is 73.9. The molecule has 1 rings (SSSR count). The molecule has 0 saturated carbocycles. The van der Waals surface area contributed by atoms with Gasteiger partial charge in [-0.2, -0.15) is 21.6 Å². The summed E-state index contributed by atoms with van der Waals surface area (Å²) in [5, 5.41) is 0. The van der Waals surface area contributed by atoms with Crippen molar-refractivity contribution in [3.63, 3.8) is 0 Å². The number of carbonyl (C=O) groups is 1. The molecule has 4 nitrogen and oxygen atoms in total. The van der Waals surface area contributed by atoms with Crippen LogP contribution in [0.25, 0.3) is 0 Å². The fourth-order valence-electron chi connectivity index (χ4n) is 0.927. The Hall–Kier alpha value is -1.38. The molecule has 0 heterocycles. The van der Waals surface area contributed by atoms with Gasteiger partial charge in [0.15, 0.2) is 5.76 Å². The van der Waals surface area contributed by atoms with Crippen molar-refractivity contribution >= 4 is 15.9 Å². The highest BCUT2D eigenvalue weighted by Crippen LogP contribution is 2.29. The quantitative estimate of drug-likeness (QED) is 0.436. The molecule has 1 atom stereocenters. The van der Waals surface area contributed by atoms with Crippen molar-refractivity contribution in [3.8, 4) is 0 Å². The maximum Gasteiger partial charge on any atom is 0.534 e. The van der Waals surface area contributed by atoms with Gasteiger partial charge in [-0.3, -0.25) is 4.79 Å². The number of carbonyl (C=O) groups excluding carboxylic acids is 1. The molecule has 0 bridgehead atoms. The fraction of sp³-hybridized carbons (Fsp3) is 0.375. The van der Waals surface area contributed by atoms with E-state index < -0.39 is 32.8 Å². The lowest BCUT2D eigenvalue weighted by Gasteiger charge is -2.18. The highest BCUT2D eigenvalue weighted by molar-refractivity contribution is 7.87. The van der Waals surface area contributed by atoms with Crippen LogP contribution in [0.4, 0.5) is 17.6 Å². The molecule has 0 aromatic heterocycles. The first-order valence-corrected chi connectivity index (χ1v) is 5.51. The van der Waals surface area contributed by atoms with Crippen LogP contribution in [0.3, 0.4) is 0 Å². The van der Waals surface area contributed by atoms with E-state index >= 15 is 0 Å². The zero-order valence-electron chi connectivity index (χ0n) is 8.29. The van der Waals surface area contributed by atoms with Gasteiger partial charge in [0.25, 0.3) is 0 Å². The van der Waals surface area contributed by atoms with Crippen molar-refractivity contribution in [3.05, 3.63) is 24.0 Å². The Morgan fingerprint density at radius 2 is 1.88 bits per heavy atom. The molecule has 0 spiro atoms. The SMILES string of the molecule is C[C@]1(F)C=CC(=O)C(OS(=O)(=O)C(F)(F)F)=C1. The highest BCUT2D eigenvalue weighted by Gasteiger charge is 2.49. The third kappa shape index (κ3) is 3.05. The van der Waals surface area contributed by atoms with Gasteiger partial charge in [-0.15, -0.1) is 0 Å². The van der Waals surface area contributed by atoms with Gasteiger partial charge >= 0.3 is 15.6 Å². The maximum absolute atomic E-state index is 13.3. The van der Waals surface area contributed by atoms with Crippen molar-refractivity contribution in [2.45, 2.75) is 18.1 Å². The Morgan fingerprint density at radius 1 is 1.35 bits per heavy atom. The summed E-state index contributed by atoms with van der Waals surface area (Å²) in [6.07, 6.45) is 1.72. The molecule has 0 N–H and O–H groups in total. The monoisotopic (exact) mass is 274 g/mol. The molecule has 0 aromatic carbocycles. The number of hydrogen-bond acceptors (Lipinski definition) is 4. The molecule has 0 fully saturated rings. The minimum absolute atomic E-state index is 0.360. The topological polar surface area (TPSA) is 60.4 Å². The summed E-state index contributed by atoms with van der Waals surface area (Å²) in [6.45, 7) is 0.916. The number of alkyl halides is 4. The standard InChI is InChI=1S/C8H6F4O4S/c1-7(9)3-2-5(13)6(4-7)16-17(14,15)8(10,11)12/h2-4H,1H3/t7-/m0/s1. The average molecular weight is 274 g/mol. The highest BCUT2D eigenvalue weighted by atomic mass is 32.2. The summed E-state index contributed by atoms with van der Waals surface area (Å²) in [4.78, 5) is 11.0. The van der Waals surface area contributed by atoms with Crippen LogP contribution in [-0.4, -0.2) is 25.4 Å². The molecule has 0 saturated heterocycles. The summed E-state index contributed by atoms with van der Waals surface area (Å²) >= 11 is 0. The van der Waals surface area contributed by atoms with Crippen LogP contribution in [0.2, 0.25) is 0 Å². The van der Waals surface area contributed by atoms with Crippen LogP contribution in [-0.2, 0) is 19.1 Å². The van der Waals surface area contributed by atoms with Gasteiger partial charge in [0, 0.05) is 6.08 Å². The lowest BCUT2D eigenvalue weighted by Crippen LogP contribution is -2.29. The Kier molecular flexibility index (Phi) is 3.08. The summed E-state index contributed by atoms with van der Waals surface area (Å²) in [6, 6.07) is 0. The van der Waals surface area contributed by atoms with E-state index in [9.17, 15) is 30.8 Å². The van der Waals surface area contributed by atoms with Crippen molar-refractivity contribution < 1.29 is 35.0 Å². The number of allylic oxidation sites excluding steroid dienone is 3. The van der Waals surface area contributed by atoms with Gasteiger partial charge in [0.2, 0.25) is 5.78 Å². The second-order valence-electron chi connectivity index (χ2n) is 3.34. The number of halogens is 4. The summed E-state index contributed by atoms with van der Waals surface area (Å²) in [7, 11) is -5.97. The largest absolute Gasteiger partial charge is 0.534 e. The first kappa shape index (κ1) is 13.7. The molecule has 0 unspecified atom stereocenters. The molecule has 0 radical (unpaired) electrons. The molecule has 1 aliphatic rings. The second kappa shape index (κ2) is 3.83.